The Morgan fingerprint density at radius 2 is 0.600 bits per heavy atom. The maximum absolute atomic E-state index is 0. The normalized spacial score (nSPS) is 0. The van der Waals surface area contributed by atoms with Gasteiger partial charge in [0.25, 0.3) is 0 Å². The van der Waals surface area contributed by atoms with Crippen LogP contribution in [0.3, 0.4) is 0 Å². The van der Waals surface area contributed by atoms with E-state index in [1.54, 1.807) is 0 Å². The van der Waals surface area contributed by atoms with E-state index in [9.17, 15) is 0 Å². The van der Waals surface area contributed by atoms with Crippen molar-refractivity contribution in [2.24, 2.45) is 0 Å². The first kappa shape index (κ1) is 33.2. The molecule has 0 unspecified atom stereocenters. The fourth-order valence-corrected chi connectivity index (χ4v) is 0. The Labute approximate surface area is 145 Å². The number of hydrogen-bond donors (Lipinski definition) is 0. The monoisotopic (exact) mass is 630 g/mol. The van der Waals surface area contributed by atoms with Gasteiger partial charge in [0.1, 0.15) is 0 Å². The second kappa shape index (κ2) is 23.3. The molecule has 0 saturated heterocycles. The molecule has 28 valence electrons. The fraction of sp³-hybridized carbons (Fsp3) is 0. The van der Waals surface area contributed by atoms with E-state index in [-0.39, 0.29) is 150 Å². The Morgan fingerprint density at radius 3 is 0.600 bits per heavy atom. The summed E-state index contributed by atoms with van der Waals surface area (Å²) in [5.74, 6) is 0. The van der Waals surface area contributed by atoms with Crippen LogP contribution in [0.15, 0.2) is 0 Å². The molecule has 0 bridgehead atoms. The Bertz CT molecular complexity index is 6.85. The molecular weight excluding hydrogens is 629 g/mol. The molecule has 0 aromatic rings. The van der Waals surface area contributed by atoms with Crippen molar-refractivity contribution < 1.29 is 71.9 Å². The van der Waals surface area contributed by atoms with E-state index >= 15 is 0 Å². The van der Waals surface area contributed by atoms with Crippen molar-refractivity contribution in [3.05, 3.63) is 0 Å². The SMILES string of the molecule is [Bi+3].[I-].[I-].[I-].[KH]. The third-order valence-electron chi connectivity index (χ3n) is 0. The summed E-state index contributed by atoms with van der Waals surface area (Å²) >= 11 is 0. The second-order valence-corrected chi connectivity index (χ2v) is 0. The van der Waals surface area contributed by atoms with Crippen LogP contribution in [0.2, 0.25) is 0 Å². The molecule has 0 rings (SSSR count). The Hall–Kier alpha value is 4.71. The Morgan fingerprint density at radius 1 is 0.600 bits per heavy atom. The van der Waals surface area contributed by atoms with Crippen molar-refractivity contribution in [1.82, 2.24) is 0 Å². The summed E-state index contributed by atoms with van der Waals surface area (Å²) in [7, 11) is 0. The number of rotatable bonds is 0. The van der Waals surface area contributed by atoms with Crippen LogP contribution in [0, 0.1) is 0 Å². The molecule has 0 amide bonds. The predicted octanol–water partition coefficient (Wildman–Crippen LogP) is -10.0. The summed E-state index contributed by atoms with van der Waals surface area (Å²) in [4.78, 5) is 0. The minimum absolute atomic E-state index is 0. The van der Waals surface area contributed by atoms with Gasteiger partial charge in [-0.3, -0.25) is 0 Å². The van der Waals surface area contributed by atoms with Crippen LogP contribution >= 0.6 is 0 Å². The van der Waals surface area contributed by atoms with Crippen LogP contribution in [-0.2, 0) is 0 Å². The van der Waals surface area contributed by atoms with Crippen molar-refractivity contribution in [2.45, 2.75) is 0 Å². The molecule has 0 heterocycles. The zero-order valence-corrected chi connectivity index (χ0v) is 11.5. The van der Waals surface area contributed by atoms with Gasteiger partial charge in [0.2, 0.25) is 0 Å². The first-order chi connectivity index (χ1) is 0. The average molecular weight is 630 g/mol. The van der Waals surface area contributed by atoms with Gasteiger partial charge in [-0.25, -0.2) is 0 Å². The van der Waals surface area contributed by atoms with Crippen molar-refractivity contribution >= 4 is 77.6 Å². The molecule has 0 nitrogen and oxygen atoms in total. The van der Waals surface area contributed by atoms with Gasteiger partial charge in [0.05, 0.1) is 0 Å². The van der Waals surface area contributed by atoms with Crippen LogP contribution in [0.5, 0.6) is 0 Å². The van der Waals surface area contributed by atoms with Gasteiger partial charge in [-0.05, 0) is 0 Å². The van der Waals surface area contributed by atoms with Crippen molar-refractivity contribution in [3.8, 4) is 0 Å². The number of halogens is 3. The molecule has 5 heteroatoms. The molecule has 0 atom stereocenters. The molecule has 0 saturated carbocycles. The van der Waals surface area contributed by atoms with Crippen LogP contribution < -0.4 is 71.9 Å². The molecule has 0 aliphatic heterocycles. The summed E-state index contributed by atoms with van der Waals surface area (Å²) in [5.41, 5.74) is 0. The Balaban J connectivity index is 0. The van der Waals surface area contributed by atoms with Crippen LogP contribution in [0.25, 0.3) is 0 Å². The van der Waals surface area contributed by atoms with Gasteiger partial charge < -0.3 is 71.9 Å². The summed E-state index contributed by atoms with van der Waals surface area (Å²) in [6.45, 7) is 0. The van der Waals surface area contributed by atoms with Crippen LogP contribution in [0.4, 0.5) is 0 Å². The molecule has 0 aromatic heterocycles. The van der Waals surface area contributed by atoms with Gasteiger partial charge in [0, 0.05) is 0 Å². The maximum atomic E-state index is 0. The summed E-state index contributed by atoms with van der Waals surface area (Å²) in [5, 5.41) is 0. The molecule has 5 heavy (non-hydrogen) atoms. The van der Waals surface area contributed by atoms with Crippen LogP contribution in [-0.4, -0.2) is 77.6 Å². The Kier molecular flexibility index (Phi) is 155. The quantitative estimate of drug-likeness (QED) is 0.185. The van der Waals surface area contributed by atoms with Gasteiger partial charge in [-0.1, -0.05) is 0 Å². The van der Waals surface area contributed by atoms with Crippen molar-refractivity contribution in [3.63, 3.8) is 0 Å². The van der Waals surface area contributed by atoms with Gasteiger partial charge in [0.15, 0.2) is 0 Å². The molecule has 0 aliphatic rings. The van der Waals surface area contributed by atoms with Crippen LogP contribution in [0.1, 0.15) is 0 Å². The minimum atomic E-state index is 0. The van der Waals surface area contributed by atoms with Gasteiger partial charge in [-0.15, -0.1) is 0 Å². The fourth-order valence-electron chi connectivity index (χ4n) is 0. The first-order valence-electron chi connectivity index (χ1n) is 0. The summed E-state index contributed by atoms with van der Waals surface area (Å²) in [6.07, 6.45) is 0. The zero-order valence-electron chi connectivity index (χ0n) is 1.58. The van der Waals surface area contributed by atoms with E-state index in [1.165, 1.54) is 0 Å². The van der Waals surface area contributed by atoms with E-state index in [0.29, 0.717) is 0 Å². The average Bonchev–Trinajstić information content (AvgIpc) is 0. The molecule has 0 N–H and O–H groups in total. The van der Waals surface area contributed by atoms with E-state index in [1.807, 2.05) is 0 Å². The third kappa shape index (κ3) is 17.7. The summed E-state index contributed by atoms with van der Waals surface area (Å²) < 4.78 is 0. The number of hydrogen-bond acceptors (Lipinski definition) is 0. The zero-order chi connectivity index (χ0) is 0. The van der Waals surface area contributed by atoms with Crippen molar-refractivity contribution in [2.75, 3.05) is 0 Å². The molecular formula is HBiI3K. The second-order valence-electron chi connectivity index (χ2n) is 0. The molecule has 0 aromatic carbocycles. The van der Waals surface area contributed by atoms with E-state index < -0.39 is 0 Å². The van der Waals surface area contributed by atoms with Crippen molar-refractivity contribution in [1.29, 1.82) is 0 Å². The van der Waals surface area contributed by atoms with E-state index in [4.69, 9.17) is 0 Å². The third-order valence-corrected chi connectivity index (χ3v) is 0. The van der Waals surface area contributed by atoms with Gasteiger partial charge >= 0.3 is 77.6 Å². The summed E-state index contributed by atoms with van der Waals surface area (Å²) in [6, 6.07) is 0. The molecule has 0 aliphatic carbocycles. The van der Waals surface area contributed by atoms with E-state index in [0.717, 1.165) is 0 Å². The van der Waals surface area contributed by atoms with Gasteiger partial charge in [-0.2, -0.15) is 0 Å². The van der Waals surface area contributed by atoms with E-state index in [2.05, 4.69) is 0 Å². The first-order valence-corrected chi connectivity index (χ1v) is 0. The molecule has 0 spiro atoms. The predicted molar refractivity (Wildman–Crippen MR) is 12.9 cm³/mol. The topological polar surface area (TPSA) is 0 Å². The molecule has 2 radical (unpaired) electrons. The molecule has 0 fully saturated rings. The standard InChI is InChI=1S/Bi.3HI.K.H/h;3*1H;;/q+3;;;;;/p-3.